The van der Waals surface area contributed by atoms with Gasteiger partial charge in [0.1, 0.15) is 33.6 Å². The Bertz CT molecular complexity index is 3930. The van der Waals surface area contributed by atoms with Crippen LogP contribution in [0.5, 0.6) is 0 Å². The Morgan fingerprint density at radius 3 is 0.781 bits per heavy atom. The van der Waals surface area contributed by atoms with Crippen molar-refractivity contribution >= 4 is 111 Å². The van der Waals surface area contributed by atoms with Crippen molar-refractivity contribution in [1.82, 2.24) is 26.6 Å². The number of nitrogen functional groups attached to an aromatic ring is 3. The number of fused-ring (bicyclic) bond motifs is 1. The van der Waals surface area contributed by atoms with Crippen LogP contribution in [0.1, 0.15) is 277 Å². The number of hydrogen-bond donors (Lipinski definition) is 11. The Morgan fingerprint density at radius 2 is 0.544 bits per heavy atom. The number of carbonyl (C=O) groups is 11. The van der Waals surface area contributed by atoms with Gasteiger partial charge in [0.05, 0.1) is 34.1 Å². The molecular weight excluding hydrogens is 1460 g/mol. The molecule has 0 heterocycles. The molecule has 5 aromatic rings. The van der Waals surface area contributed by atoms with Crippen molar-refractivity contribution in [3.8, 4) is 0 Å². The number of nitrogens with two attached hydrogens (primary N) is 3. The highest BCUT2D eigenvalue weighted by Gasteiger charge is 2.39. The highest BCUT2D eigenvalue weighted by Crippen LogP contribution is 2.36. The average molecular weight is 1590 g/mol. The van der Waals surface area contributed by atoms with Gasteiger partial charge in [-0.2, -0.15) is 0 Å². The summed E-state index contributed by atoms with van der Waals surface area (Å²) in [6, 6.07) is 17.7. The molecule has 0 saturated carbocycles. The van der Waals surface area contributed by atoms with Crippen LogP contribution in [0.15, 0.2) is 72.8 Å². The normalized spacial score (nSPS) is 12.1. The Labute approximate surface area is 671 Å². The maximum atomic E-state index is 14.6. The zero-order chi connectivity index (χ0) is 85.7. The number of esters is 6. The first-order chi connectivity index (χ1) is 52.7. The topological polar surface area (TPSA) is 417 Å². The number of anilines is 6. The zero-order valence-corrected chi connectivity index (χ0v) is 70.8. The molecule has 0 aliphatic carbocycles. The van der Waals surface area contributed by atoms with Crippen LogP contribution in [-0.2, 0) is 96.1 Å². The summed E-state index contributed by atoms with van der Waals surface area (Å²) in [5.41, 5.74) is 17.7. The molecule has 0 fully saturated rings. The summed E-state index contributed by atoms with van der Waals surface area (Å²) in [6.07, 6.45) is -0.0797. The Kier molecular flexibility index (Phi) is 32.9. The molecule has 5 aromatic carbocycles. The van der Waals surface area contributed by atoms with E-state index in [0.717, 1.165) is 33.0 Å². The maximum Gasteiger partial charge on any atom is 0.319 e. The molecule has 5 rings (SSSR count). The fourth-order valence-electron chi connectivity index (χ4n) is 13.2. The molecule has 14 N–H and O–H groups in total. The van der Waals surface area contributed by atoms with E-state index in [1.807, 2.05) is 45.0 Å². The molecule has 28 heteroatoms. The average Bonchev–Trinajstić information content (AvgIpc) is 0.780. The van der Waals surface area contributed by atoms with Gasteiger partial charge in [0.25, 0.3) is 11.8 Å². The number of amides is 8. The van der Waals surface area contributed by atoms with E-state index >= 15 is 0 Å². The first-order valence-corrected chi connectivity index (χ1v) is 39.1. The summed E-state index contributed by atoms with van der Waals surface area (Å²) in [7, 11) is 0. The van der Waals surface area contributed by atoms with E-state index in [1.165, 1.54) is 36.4 Å². The van der Waals surface area contributed by atoms with Gasteiger partial charge in [-0.15, -0.1) is 0 Å². The molecule has 28 nitrogen and oxygen atoms in total. The first kappa shape index (κ1) is 93.9. The van der Waals surface area contributed by atoms with Gasteiger partial charge in [0.15, 0.2) is 0 Å². The van der Waals surface area contributed by atoms with E-state index in [9.17, 15) is 52.7 Å². The molecule has 0 unspecified atom stereocenters. The number of carbonyl (C=O) groups excluding carboxylic acids is 11. The van der Waals surface area contributed by atoms with E-state index in [0.29, 0.717) is 41.8 Å². The second-order valence-electron chi connectivity index (χ2n) is 34.7. The molecule has 8 amide bonds. The fourth-order valence-corrected chi connectivity index (χ4v) is 13.2. The highest BCUT2D eigenvalue weighted by atomic mass is 16.6. The lowest BCUT2D eigenvalue weighted by Crippen LogP contribution is -2.50. The lowest BCUT2D eigenvalue weighted by atomic mass is 9.83. The van der Waals surface area contributed by atoms with E-state index in [4.69, 9.17) is 45.6 Å². The molecule has 0 atom stereocenters. The number of rotatable bonds is 34. The molecule has 0 aliphatic rings. The predicted molar refractivity (Wildman–Crippen MR) is 443 cm³/mol. The van der Waals surface area contributed by atoms with Crippen molar-refractivity contribution in [3.63, 3.8) is 0 Å². The first-order valence-electron chi connectivity index (χ1n) is 39.1. The smallest absolute Gasteiger partial charge is 0.319 e. The van der Waals surface area contributed by atoms with Crippen molar-refractivity contribution in [2.45, 2.75) is 306 Å². The third-order valence-electron chi connectivity index (χ3n) is 17.9. The molecule has 0 saturated heterocycles. The summed E-state index contributed by atoms with van der Waals surface area (Å²) in [5, 5.41) is 25.3. The molecule has 0 radical (unpaired) electrons. The predicted octanol–water partition coefficient (Wildman–Crippen LogP) is 14.9. The van der Waals surface area contributed by atoms with Crippen LogP contribution in [0.25, 0.3) is 10.8 Å². The van der Waals surface area contributed by atoms with Gasteiger partial charge < -0.3 is 88.2 Å². The van der Waals surface area contributed by atoms with Crippen molar-refractivity contribution in [2.24, 2.45) is 0 Å². The second kappa shape index (κ2) is 39.9. The van der Waals surface area contributed by atoms with Crippen LogP contribution in [0.2, 0.25) is 0 Å². The van der Waals surface area contributed by atoms with Crippen LogP contribution >= 0.6 is 0 Å². The van der Waals surface area contributed by atoms with Gasteiger partial charge >= 0.3 is 53.9 Å². The molecule has 0 aromatic heterocycles. The number of hydrogen-bond acceptors (Lipinski definition) is 20. The highest BCUT2D eigenvalue weighted by molar-refractivity contribution is 6.01. The van der Waals surface area contributed by atoms with Gasteiger partial charge in [0, 0.05) is 80.4 Å². The summed E-state index contributed by atoms with van der Waals surface area (Å²) in [6.45, 7) is 36.7. The quantitative estimate of drug-likeness (QED) is 0.0103. The Balaban J connectivity index is 1.48. The van der Waals surface area contributed by atoms with Crippen molar-refractivity contribution < 1.29 is 81.2 Å². The van der Waals surface area contributed by atoms with Crippen LogP contribution in [-0.4, -0.2) is 110 Å². The second-order valence-corrected chi connectivity index (χ2v) is 34.7. The molecule has 0 spiro atoms. The minimum absolute atomic E-state index is 0.00232. The molecule has 114 heavy (non-hydrogen) atoms. The summed E-state index contributed by atoms with van der Waals surface area (Å²) in [5.74, 6) is -4.70. The number of ether oxygens (including phenoxy) is 6. The maximum absolute atomic E-state index is 14.6. The van der Waals surface area contributed by atoms with Gasteiger partial charge in [-0.3, -0.25) is 38.4 Å². The monoisotopic (exact) mass is 1580 g/mol. The Hall–Kier alpha value is -10.7. The van der Waals surface area contributed by atoms with E-state index in [-0.39, 0.29) is 131 Å². The van der Waals surface area contributed by atoms with Gasteiger partial charge in [-0.1, -0.05) is 45.0 Å². The van der Waals surface area contributed by atoms with Crippen molar-refractivity contribution in [1.29, 1.82) is 0 Å². The molecule has 626 valence electrons. The third-order valence-corrected chi connectivity index (χ3v) is 17.9. The summed E-state index contributed by atoms with van der Waals surface area (Å²) < 4.78 is 33.8. The van der Waals surface area contributed by atoms with Crippen LogP contribution in [0, 0.1) is 0 Å². The molecule has 0 bridgehead atoms. The third kappa shape index (κ3) is 31.7. The van der Waals surface area contributed by atoms with Crippen LogP contribution in [0.4, 0.5) is 48.5 Å². The standard InChI is InChI=1S/C86H125N11O17/c1-22-56-59(49-90-76(106)93-65-31-29-54(46-62(65)87)74(104)96-85(39-33-68(98)109-79(4,5)6,40-34-69(99)110-80(7,8)9)41-35-70(100)111-81(10,11)12)57(23-2)61(51-92-78(108)95-67-48-53-28-26-25-27-52(53)45-64(67)89)58(24-3)60(56)50-91-77(107)94-66-32-30-55(47-63(66)88)75(105)97-86(42-36-71(101)112-82(13,14)15,43-37-72(102)113-83(16,17)18)44-38-73(103)114-84(19,20)21/h25-32,45-48H,22-24,33-44,49-51,87-89H2,1-21H3,(H,96,104)(H,97,105)(H2,90,93,106)(H2,91,94,107)(H2,92,95,108). The van der Waals surface area contributed by atoms with E-state index < -0.39 is 110 Å². The molecular formula is C86H125N11O17. The lowest BCUT2D eigenvalue weighted by Gasteiger charge is -2.36. The summed E-state index contributed by atoms with van der Waals surface area (Å²) >= 11 is 0. The summed E-state index contributed by atoms with van der Waals surface area (Å²) in [4.78, 5) is 151. The van der Waals surface area contributed by atoms with Gasteiger partial charge in [-0.05, 0) is 275 Å². The van der Waals surface area contributed by atoms with Crippen LogP contribution in [0.3, 0.4) is 0 Å². The van der Waals surface area contributed by atoms with Crippen molar-refractivity contribution in [2.75, 3.05) is 33.2 Å². The SMILES string of the molecule is CCc1c(CNC(=O)Nc2ccc(C(=O)NC(CCC(=O)OC(C)(C)C)(CCC(=O)OC(C)(C)C)CCC(=O)OC(C)(C)C)cc2N)c(CC)c(CNC(=O)Nc2cc3ccccc3cc2N)c(CC)c1CNC(=O)Nc1ccc(C(=O)NC(CCC(=O)OC(C)(C)C)(CCC(=O)OC(C)(C)C)CCC(=O)OC(C)(C)C)cc1N. The Morgan fingerprint density at radius 1 is 0.307 bits per heavy atom. The largest absolute Gasteiger partial charge is 0.460 e. The minimum atomic E-state index is -1.37. The minimum Gasteiger partial charge on any atom is -0.460 e. The molecule has 0 aliphatic heterocycles. The van der Waals surface area contributed by atoms with Crippen LogP contribution < -0.4 is 59.7 Å². The fraction of sp³-hybridized carbons (Fsp3) is 0.547. The number of benzene rings is 5. The van der Waals surface area contributed by atoms with E-state index in [1.54, 1.807) is 137 Å². The zero-order valence-electron chi connectivity index (χ0n) is 70.8. The van der Waals surface area contributed by atoms with E-state index in [2.05, 4.69) is 42.5 Å². The van der Waals surface area contributed by atoms with Gasteiger partial charge in [-0.25, -0.2) is 14.4 Å². The number of urea groups is 3. The van der Waals surface area contributed by atoms with Gasteiger partial charge in [0.2, 0.25) is 0 Å². The van der Waals surface area contributed by atoms with Crippen molar-refractivity contribution in [3.05, 3.63) is 117 Å². The number of nitrogens with one attached hydrogen (secondary N) is 8. The lowest BCUT2D eigenvalue weighted by molar-refractivity contribution is -0.158.